The summed E-state index contributed by atoms with van der Waals surface area (Å²) in [6, 6.07) is 8.06. The molecule has 0 unspecified atom stereocenters. The van der Waals surface area contributed by atoms with Gasteiger partial charge in [-0.15, -0.1) is 10.2 Å². The third-order valence-corrected chi connectivity index (χ3v) is 6.11. The van der Waals surface area contributed by atoms with E-state index in [1.807, 2.05) is 0 Å². The van der Waals surface area contributed by atoms with Crippen LogP contribution >= 0.6 is 0 Å². The first-order valence-corrected chi connectivity index (χ1v) is 9.93. The van der Waals surface area contributed by atoms with Crippen LogP contribution in [0.3, 0.4) is 0 Å². The van der Waals surface area contributed by atoms with E-state index in [0.717, 1.165) is 37.4 Å². The van der Waals surface area contributed by atoms with Gasteiger partial charge in [0.05, 0.1) is 11.3 Å². The number of carbonyl (C=O) groups is 1. The number of fused-ring (bicyclic) bond motifs is 1. The van der Waals surface area contributed by atoms with Gasteiger partial charge in [0.25, 0.3) is 10.0 Å². The van der Waals surface area contributed by atoms with Crippen molar-refractivity contribution in [1.29, 1.82) is 0 Å². The molecule has 26 heavy (non-hydrogen) atoms. The van der Waals surface area contributed by atoms with Crippen molar-refractivity contribution in [2.24, 2.45) is 0 Å². The summed E-state index contributed by atoms with van der Waals surface area (Å²) in [7, 11) is -2.12. The van der Waals surface area contributed by atoms with Gasteiger partial charge in [0.2, 0.25) is 5.91 Å². The summed E-state index contributed by atoms with van der Waals surface area (Å²) in [5.74, 6) is 0.872. The lowest BCUT2D eigenvalue weighted by Crippen LogP contribution is -2.20. The summed E-state index contributed by atoms with van der Waals surface area (Å²) in [6.45, 7) is 1.89. The first kappa shape index (κ1) is 16.8. The van der Waals surface area contributed by atoms with Gasteiger partial charge in [0.1, 0.15) is 0 Å². The number of amides is 1. The van der Waals surface area contributed by atoms with Gasteiger partial charge < -0.3 is 9.80 Å². The fourth-order valence-corrected chi connectivity index (χ4v) is 4.35. The fourth-order valence-electron chi connectivity index (χ4n) is 3.30. The van der Waals surface area contributed by atoms with Gasteiger partial charge in [-0.3, -0.25) is 9.52 Å². The molecule has 1 saturated heterocycles. The molecule has 1 fully saturated rings. The lowest BCUT2D eigenvalue weighted by Gasteiger charge is -2.15. The number of carbonyl (C=O) groups excluding carboxylic acids is 1. The Morgan fingerprint density at radius 2 is 1.85 bits per heavy atom. The molecular formula is C17H19N5O3S. The van der Waals surface area contributed by atoms with E-state index in [4.69, 9.17) is 0 Å². The molecule has 2 aliphatic rings. The maximum Gasteiger partial charge on any atom is 0.263 e. The van der Waals surface area contributed by atoms with Crippen molar-refractivity contribution in [3.8, 4) is 0 Å². The second-order valence-electron chi connectivity index (χ2n) is 6.50. The van der Waals surface area contributed by atoms with E-state index < -0.39 is 10.0 Å². The Balaban J connectivity index is 1.54. The largest absolute Gasteiger partial charge is 0.355 e. The number of nitrogens with zero attached hydrogens (tertiary/aromatic N) is 4. The van der Waals surface area contributed by atoms with Gasteiger partial charge in [-0.1, -0.05) is 0 Å². The predicted molar refractivity (Wildman–Crippen MR) is 97.8 cm³/mol. The minimum absolute atomic E-state index is 0.0501. The Bertz CT molecular complexity index is 953. The molecule has 3 heterocycles. The van der Waals surface area contributed by atoms with Crippen LogP contribution in [0.15, 0.2) is 35.2 Å². The summed E-state index contributed by atoms with van der Waals surface area (Å²) in [6.07, 6.45) is 2.47. The van der Waals surface area contributed by atoms with Crippen molar-refractivity contribution >= 4 is 33.3 Å². The molecule has 1 aromatic carbocycles. The Hall–Kier alpha value is -2.68. The molecule has 0 bridgehead atoms. The minimum atomic E-state index is -3.80. The lowest BCUT2D eigenvalue weighted by molar-refractivity contribution is -0.117. The van der Waals surface area contributed by atoms with Gasteiger partial charge in [-0.25, -0.2) is 8.42 Å². The van der Waals surface area contributed by atoms with Crippen molar-refractivity contribution < 1.29 is 13.2 Å². The Morgan fingerprint density at radius 1 is 1.08 bits per heavy atom. The quantitative estimate of drug-likeness (QED) is 0.870. The molecule has 1 N–H and O–H groups in total. The van der Waals surface area contributed by atoms with Crippen LogP contribution in [-0.2, 0) is 21.2 Å². The lowest BCUT2D eigenvalue weighted by atomic mass is 10.2. The Morgan fingerprint density at radius 3 is 2.54 bits per heavy atom. The zero-order chi connectivity index (χ0) is 18.3. The molecule has 1 amide bonds. The van der Waals surface area contributed by atoms with E-state index >= 15 is 0 Å². The highest BCUT2D eigenvalue weighted by Gasteiger charge is 2.26. The average molecular weight is 373 g/mol. The van der Waals surface area contributed by atoms with Crippen LogP contribution in [0.4, 0.5) is 17.3 Å². The van der Waals surface area contributed by atoms with Gasteiger partial charge in [-0.05, 0) is 48.7 Å². The van der Waals surface area contributed by atoms with Crippen molar-refractivity contribution in [2.45, 2.75) is 24.2 Å². The molecule has 0 atom stereocenters. The molecule has 0 spiro atoms. The third kappa shape index (κ3) is 2.98. The van der Waals surface area contributed by atoms with E-state index in [-0.39, 0.29) is 23.0 Å². The van der Waals surface area contributed by atoms with Crippen LogP contribution in [-0.4, -0.2) is 44.7 Å². The normalized spacial score (nSPS) is 16.9. The highest BCUT2D eigenvalue weighted by Crippen LogP contribution is 2.30. The Labute approximate surface area is 151 Å². The molecular weight excluding hydrogens is 354 g/mol. The van der Waals surface area contributed by atoms with Crippen LogP contribution in [0.5, 0.6) is 0 Å². The van der Waals surface area contributed by atoms with E-state index in [2.05, 4.69) is 19.8 Å². The van der Waals surface area contributed by atoms with Crippen LogP contribution < -0.4 is 14.5 Å². The van der Waals surface area contributed by atoms with E-state index in [9.17, 15) is 13.2 Å². The number of sulfonamides is 1. The molecule has 8 nitrogen and oxygen atoms in total. The van der Waals surface area contributed by atoms with Gasteiger partial charge in [-0.2, -0.15) is 0 Å². The fraction of sp³-hybridized carbons (Fsp3) is 0.353. The van der Waals surface area contributed by atoms with E-state index in [1.165, 1.54) is 17.0 Å². The molecule has 4 rings (SSSR count). The molecule has 0 radical (unpaired) electrons. The number of anilines is 3. The minimum Gasteiger partial charge on any atom is -0.355 e. The SMILES string of the molecule is CN1C(=O)Cc2cc(S(=O)(=O)Nc3ccc(N4CCCC4)nn3)ccc21. The summed E-state index contributed by atoms with van der Waals surface area (Å²) in [4.78, 5) is 15.5. The number of hydrogen-bond donors (Lipinski definition) is 1. The predicted octanol–water partition coefficient (Wildman–Crippen LogP) is 1.40. The maximum atomic E-state index is 12.6. The molecule has 136 valence electrons. The molecule has 2 aromatic rings. The van der Waals surface area contributed by atoms with E-state index in [0.29, 0.717) is 5.56 Å². The van der Waals surface area contributed by atoms with Crippen molar-refractivity contribution in [2.75, 3.05) is 34.7 Å². The number of nitrogens with one attached hydrogen (secondary N) is 1. The van der Waals surface area contributed by atoms with Gasteiger partial charge in [0.15, 0.2) is 11.6 Å². The summed E-state index contributed by atoms with van der Waals surface area (Å²) in [5.41, 5.74) is 1.44. The highest BCUT2D eigenvalue weighted by molar-refractivity contribution is 7.92. The second-order valence-corrected chi connectivity index (χ2v) is 8.18. The zero-order valence-corrected chi connectivity index (χ0v) is 15.2. The second kappa shape index (κ2) is 6.24. The molecule has 0 saturated carbocycles. The molecule has 0 aliphatic carbocycles. The monoisotopic (exact) mass is 373 g/mol. The van der Waals surface area contributed by atoms with Crippen molar-refractivity contribution in [3.63, 3.8) is 0 Å². The first-order chi connectivity index (χ1) is 12.4. The number of rotatable bonds is 4. The van der Waals surface area contributed by atoms with Gasteiger partial charge in [0, 0.05) is 25.8 Å². The Kier molecular flexibility index (Phi) is 4.03. The van der Waals surface area contributed by atoms with Crippen LogP contribution in [0.1, 0.15) is 18.4 Å². The standard InChI is InChI=1S/C17H19N5O3S/c1-21-14-5-4-13(10-12(14)11-17(21)23)26(24,25)20-15-6-7-16(19-18-15)22-8-2-3-9-22/h4-7,10H,2-3,8-9,11H2,1H3,(H,18,20). The highest BCUT2D eigenvalue weighted by atomic mass is 32.2. The van der Waals surface area contributed by atoms with Crippen LogP contribution in [0, 0.1) is 0 Å². The summed E-state index contributed by atoms with van der Waals surface area (Å²) in [5, 5.41) is 8.10. The number of hydrogen-bond acceptors (Lipinski definition) is 6. The van der Waals surface area contributed by atoms with Crippen molar-refractivity contribution in [3.05, 3.63) is 35.9 Å². The smallest absolute Gasteiger partial charge is 0.263 e. The molecule has 2 aliphatic heterocycles. The molecule has 9 heteroatoms. The third-order valence-electron chi connectivity index (χ3n) is 4.76. The maximum absolute atomic E-state index is 12.6. The first-order valence-electron chi connectivity index (χ1n) is 8.45. The summed E-state index contributed by atoms with van der Waals surface area (Å²) < 4.78 is 27.7. The number of likely N-dealkylation sites (N-methyl/N-ethyl adjacent to an activating group) is 1. The van der Waals surface area contributed by atoms with Crippen LogP contribution in [0.25, 0.3) is 0 Å². The van der Waals surface area contributed by atoms with Gasteiger partial charge >= 0.3 is 0 Å². The van der Waals surface area contributed by atoms with Crippen molar-refractivity contribution in [1.82, 2.24) is 10.2 Å². The van der Waals surface area contributed by atoms with E-state index in [1.54, 1.807) is 25.2 Å². The average Bonchev–Trinajstić information content (AvgIpc) is 3.24. The molecule has 1 aromatic heterocycles. The summed E-state index contributed by atoms with van der Waals surface area (Å²) >= 11 is 0. The zero-order valence-electron chi connectivity index (χ0n) is 14.3. The topological polar surface area (TPSA) is 95.5 Å². The van der Waals surface area contributed by atoms with Crippen LogP contribution in [0.2, 0.25) is 0 Å². The number of benzene rings is 1. The number of aromatic nitrogens is 2.